The van der Waals surface area contributed by atoms with Crippen molar-refractivity contribution in [2.45, 2.75) is 50.6 Å². The number of halogens is 1. The van der Waals surface area contributed by atoms with E-state index < -0.39 is 0 Å². The number of rotatable bonds is 6. The van der Waals surface area contributed by atoms with Crippen molar-refractivity contribution in [3.63, 3.8) is 0 Å². The highest BCUT2D eigenvalue weighted by Gasteiger charge is 2.32. The predicted molar refractivity (Wildman–Crippen MR) is 125 cm³/mol. The lowest BCUT2D eigenvalue weighted by atomic mass is 10.0. The zero-order valence-corrected chi connectivity index (χ0v) is 18.8. The molecule has 2 aliphatic rings. The summed E-state index contributed by atoms with van der Waals surface area (Å²) in [6, 6.07) is 20.3. The van der Waals surface area contributed by atoms with Crippen LogP contribution in [0.4, 0.5) is 0 Å². The van der Waals surface area contributed by atoms with E-state index in [-0.39, 0.29) is 6.04 Å². The van der Waals surface area contributed by atoms with Gasteiger partial charge in [0.15, 0.2) is 0 Å². The molecule has 0 amide bonds. The van der Waals surface area contributed by atoms with Gasteiger partial charge in [-0.3, -0.25) is 4.90 Å². The van der Waals surface area contributed by atoms with E-state index in [2.05, 4.69) is 92.2 Å². The summed E-state index contributed by atoms with van der Waals surface area (Å²) in [5.74, 6) is 7.19. The van der Waals surface area contributed by atoms with Gasteiger partial charge in [-0.25, -0.2) is 0 Å². The zero-order chi connectivity index (χ0) is 19.9. The Morgan fingerprint density at radius 2 is 1.69 bits per heavy atom. The van der Waals surface area contributed by atoms with E-state index in [0.717, 1.165) is 23.9 Å². The summed E-state index contributed by atoms with van der Waals surface area (Å²) >= 11 is 3.58. The fourth-order valence-electron chi connectivity index (χ4n) is 4.68. The molecule has 29 heavy (non-hydrogen) atoms. The second-order valence-corrected chi connectivity index (χ2v) is 9.22. The lowest BCUT2D eigenvalue weighted by Gasteiger charge is -2.32. The van der Waals surface area contributed by atoms with E-state index in [4.69, 9.17) is 0 Å². The van der Waals surface area contributed by atoms with Crippen LogP contribution in [0.25, 0.3) is 0 Å². The third-order valence-electron chi connectivity index (χ3n) is 6.23. The van der Waals surface area contributed by atoms with Gasteiger partial charge in [0.25, 0.3) is 0 Å². The summed E-state index contributed by atoms with van der Waals surface area (Å²) in [6.07, 6.45) is 7.26. The first-order valence-electron chi connectivity index (χ1n) is 11.1. The minimum atomic E-state index is 0.203. The number of nitrogens with zero attached hydrogens (tertiary/aromatic N) is 2. The third-order valence-corrected chi connectivity index (χ3v) is 6.76. The monoisotopic (exact) mass is 450 g/mol. The Morgan fingerprint density at radius 1 is 0.931 bits per heavy atom. The molecule has 2 aliphatic heterocycles. The van der Waals surface area contributed by atoms with Crippen LogP contribution in [0.1, 0.15) is 49.3 Å². The Balaban J connectivity index is 1.48. The molecule has 0 saturated carbocycles. The molecule has 2 fully saturated rings. The second kappa shape index (κ2) is 10.4. The van der Waals surface area contributed by atoms with Gasteiger partial charge >= 0.3 is 0 Å². The summed E-state index contributed by atoms with van der Waals surface area (Å²) in [6.45, 7) is 4.91. The summed E-state index contributed by atoms with van der Waals surface area (Å²) in [5.41, 5.74) is 2.70. The van der Waals surface area contributed by atoms with Gasteiger partial charge in [0.05, 0.1) is 6.04 Å². The minimum absolute atomic E-state index is 0.203. The molecule has 2 aromatic carbocycles. The number of likely N-dealkylation sites (tertiary alicyclic amines) is 2. The van der Waals surface area contributed by atoms with Crippen LogP contribution in [0.15, 0.2) is 59.1 Å². The molecule has 0 unspecified atom stereocenters. The summed E-state index contributed by atoms with van der Waals surface area (Å²) in [5, 5.41) is 0. The summed E-state index contributed by atoms with van der Waals surface area (Å²) < 4.78 is 1.13. The lowest BCUT2D eigenvalue weighted by Crippen LogP contribution is -2.41. The van der Waals surface area contributed by atoms with E-state index >= 15 is 0 Å². The average Bonchev–Trinajstić information content (AvgIpc) is 3.43. The average molecular weight is 451 g/mol. The van der Waals surface area contributed by atoms with E-state index in [0.29, 0.717) is 6.04 Å². The first-order chi connectivity index (χ1) is 14.3. The zero-order valence-electron chi connectivity index (χ0n) is 17.2. The Kier molecular flexibility index (Phi) is 7.44. The molecule has 0 spiro atoms. The van der Waals surface area contributed by atoms with E-state index in [1.165, 1.54) is 56.4 Å². The van der Waals surface area contributed by atoms with E-state index in [1.807, 2.05) is 0 Å². The van der Waals surface area contributed by atoms with Gasteiger partial charge in [-0.15, -0.1) is 5.92 Å². The van der Waals surface area contributed by atoms with Crippen LogP contribution in [-0.4, -0.2) is 42.0 Å². The summed E-state index contributed by atoms with van der Waals surface area (Å²) in [4.78, 5) is 5.33. The molecule has 0 radical (unpaired) electrons. The second-order valence-electron chi connectivity index (χ2n) is 8.30. The molecule has 0 N–H and O–H groups in total. The van der Waals surface area contributed by atoms with Gasteiger partial charge in [-0.05, 0) is 68.5 Å². The van der Waals surface area contributed by atoms with Gasteiger partial charge in [0.2, 0.25) is 0 Å². The van der Waals surface area contributed by atoms with Crippen LogP contribution in [0, 0.1) is 11.8 Å². The molecule has 2 nitrogen and oxygen atoms in total. The Hall–Kier alpha value is -1.60. The molecule has 0 aromatic heterocycles. The molecule has 3 heteroatoms. The molecular weight excluding hydrogens is 420 g/mol. The summed E-state index contributed by atoms with van der Waals surface area (Å²) in [7, 11) is 0. The van der Waals surface area contributed by atoms with E-state index in [9.17, 15) is 0 Å². The highest BCUT2D eigenvalue weighted by Crippen LogP contribution is 2.31. The topological polar surface area (TPSA) is 6.48 Å². The van der Waals surface area contributed by atoms with Crippen LogP contribution in [0.3, 0.4) is 0 Å². The molecule has 2 heterocycles. The van der Waals surface area contributed by atoms with Crippen LogP contribution in [0.5, 0.6) is 0 Å². The maximum Gasteiger partial charge on any atom is 0.0973 e. The normalized spacial score (nSPS) is 21.1. The first kappa shape index (κ1) is 20.7. The number of benzene rings is 2. The number of aryl methyl sites for hydroxylation is 1. The molecule has 152 valence electrons. The maximum absolute atomic E-state index is 3.66. The maximum atomic E-state index is 3.66. The van der Waals surface area contributed by atoms with E-state index in [1.54, 1.807) is 0 Å². The van der Waals surface area contributed by atoms with Crippen LogP contribution in [-0.2, 0) is 6.42 Å². The lowest BCUT2D eigenvalue weighted by molar-refractivity contribution is 0.168. The molecule has 2 aromatic rings. The highest BCUT2D eigenvalue weighted by molar-refractivity contribution is 9.10. The van der Waals surface area contributed by atoms with Crippen molar-refractivity contribution in [2.24, 2.45) is 0 Å². The van der Waals surface area contributed by atoms with Crippen molar-refractivity contribution < 1.29 is 0 Å². The minimum Gasteiger partial charge on any atom is -0.302 e. The fraction of sp³-hybridized carbons (Fsp3) is 0.462. The van der Waals surface area contributed by atoms with Crippen molar-refractivity contribution in [3.8, 4) is 11.8 Å². The van der Waals surface area contributed by atoms with Gasteiger partial charge in [0, 0.05) is 30.0 Å². The molecule has 0 aliphatic carbocycles. The van der Waals surface area contributed by atoms with Crippen molar-refractivity contribution in [1.82, 2.24) is 9.80 Å². The molecule has 2 atom stereocenters. The number of hydrogen-bond donors (Lipinski definition) is 0. The smallest absolute Gasteiger partial charge is 0.0973 e. The first-order valence-corrected chi connectivity index (χ1v) is 11.8. The standard InChI is InChI=1S/C26H31BrN2/c27-24-16-14-23(15-17-24)26(13-5-4-11-22-9-2-1-3-10-22)29-20-8-12-25(29)21-28-18-6-7-19-28/h1-3,9-10,14-17,25-26H,4,6-8,11-12,18-21H2/t25-,26+/m0/s1. The molecular formula is C26H31BrN2. The molecule has 0 bridgehead atoms. The van der Waals surface area contributed by atoms with Gasteiger partial charge in [-0.2, -0.15) is 0 Å². The molecule has 4 rings (SSSR count). The fourth-order valence-corrected chi connectivity index (χ4v) is 4.94. The van der Waals surface area contributed by atoms with Crippen molar-refractivity contribution >= 4 is 15.9 Å². The Labute approximate surface area is 184 Å². The van der Waals surface area contributed by atoms with Gasteiger partial charge in [-0.1, -0.05) is 64.3 Å². The quantitative estimate of drug-likeness (QED) is 0.521. The van der Waals surface area contributed by atoms with Crippen LogP contribution >= 0.6 is 15.9 Å². The van der Waals surface area contributed by atoms with Crippen molar-refractivity contribution in [2.75, 3.05) is 26.2 Å². The predicted octanol–water partition coefficient (Wildman–Crippen LogP) is 5.69. The van der Waals surface area contributed by atoms with Crippen molar-refractivity contribution in [3.05, 3.63) is 70.2 Å². The Morgan fingerprint density at radius 3 is 2.45 bits per heavy atom. The third kappa shape index (κ3) is 5.72. The Bertz CT molecular complexity index is 815. The molecule has 2 saturated heterocycles. The van der Waals surface area contributed by atoms with Crippen molar-refractivity contribution in [1.29, 1.82) is 0 Å². The highest BCUT2D eigenvalue weighted by atomic mass is 79.9. The number of hydrogen-bond acceptors (Lipinski definition) is 2. The van der Waals surface area contributed by atoms with Crippen LogP contribution in [0.2, 0.25) is 0 Å². The SMILES string of the molecule is Brc1ccc([C@@H](C#CCCc2ccccc2)N2CCC[C@H]2CN2CCCC2)cc1. The van der Waals surface area contributed by atoms with Gasteiger partial charge in [0.1, 0.15) is 0 Å². The van der Waals surface area contributed by atoms with Crippen LogP contribution < -0.4 is 0 Å². The van der Waals surface area contributed by atoms with Gasteiger partial charge < -0.3 is 4.90 Å². The largest absolute Gasteiger partial charge is 0.302 e.